The predicted octanol–water partition coefficient (Wildman–Crippen LogP) is 7.86. The first-order valence-corrected chi connectivity index (χ1v) is 9.46. The topological polar surface area (TPSA) is 0 Å². The lowest BCUT2D eigenvalue weighted by atomic mass is 9.96. The first-order chi connectivity index (χ1) is 14.3. The smallest absolute Gasteiger partial charge is 0.166 e. The van der Waals surface area contributed by atoms with Crippen molar-refractivity contribution in [2.45, 2.75) is 13.8 Å². The minimum atomic E-state index is -1.03. The van der Waals surface area contributed by atoms with E-state index in [0.29, 0.717) is 5.56 Å². The molecule has 0 saturated carbocycles. The SMILES string of the molecule is Cc1ccc(-c2ccc(-c3ccc(-c4ccc(C)c(F)c4F)cc3F)c(F)c2)cc1. The fourth-order valence-corrected chi connectivity index (χ4v) is 3.43. The third-order valence-electron chi connectivity index (χ3n) is 5.20. The molecule has 0 bridgehead atoms. The lowest BCUT2D eigenvalue weighted by Crippen LogP contribution is -1.95. The summed E-state index contributed by atoms with van der Waals surface area (Å²) in [5.41, 5.74) is 3.12. The standard InChI is InChI=1S/C26H18F4/c1-15-3-6-17(7-4-15)18-8-11-21(23(27)13-18)22-12-9-19(14-24(22)28)20-10-5-16(2)25(29)26(20)30/h3-14H,1-2H3. The molecule has 0 aliphatic carbocycles. The van der Waals surface area contributed by atoms with Gasteiger partial charge in [-0.3, -0.25) is 0 Å². The molecule has 0 amide bonds. The van der Waals surface area contributed by atoms with Crippen molar-refractivity contribution in [2.75, 3.05) is 0 Å². The second-order valence-corrected chi connectivity index (χ2v) is 7.31. The molecule has 150 valence electrons. The van der Waals surface area contributed by atoms with Gasteiger partial charge in [-0.1, -0.05) is 66.2 Å². The van der Waals surface area contributed by atoms with Gasteiger partial charge in [0, 0.05) is 16.7 Å². The summed E-state index contributed by atoms with van der Waals surface area (Å²) in [5.74, 6) is -3.27. The van der Waals surface area contributed by atoms with E-state index in [1.54, 1.807) is 6.07 Å². The summed E-state index contributed by atoms with van der Waals surface area (Å²) in [5, 5.41) is 0. The van der Waals surface area contributed by atoms with Gasteiger partial charge in [0.1, 0.15) is 11.6 Å². The quantitative estimate of drug-likeness (QED) is 0.304. The number of hydrogen-bond acceptors (Lipinski definition) is 0. The second kappa shape index (κ2) is 7.79. The molecular weight excluding hydrogens is 388 g/mol. The maximum absolute atomic E-state index is 14.8. The van der Waals surface area contributed by atoms with Gasteiger partial charge in [0.25, 0.3) is 0 Å². The Bertz CT molecular complexity index is 1240. The van der Waals surface area contributed by atoms with Crippen LogP contribution in [0.5, 0.6) is 0 Å². The van der Waals surface area contributed by atoms with E-state index in [0.717, 1.165) is 17.2 Å². The van der Waals surface area contributed by atoms with Gasteiger partial charge in [-0.15, -0.1) is 0 Å². The molecule has 0 unspecified atom stereocenters. The van der Waals surface area contributed by atoms with Gasteiger partial charge in [-0.05, 0) is 48.2 Å². The minimum absolute atomic E-state index is 0.0428. The van der Waals surface area contributed by atoms with Gasteiger partial charge in [0.05, 0.1) is 0 Å². The number of hydrogen-bond donors (Lipinski definition) is 0. The molecule has 4 heteroatoms. The van der Waals surface area contributed by atoms with Crippen LogP contribution in [-0.4, -0.2) is 0 Å². The van der Waals surface area contributed by atoms with Crippen LogP contribution in [0.1, 0.15) is 11.1 Å². The zero-order chi connectivity index (χ0) is 21.4. The van der Waals surface area contributed by atoms with Crippen LogP contribution in [0.3, 0.4) is 0 Å². The first-order valence-electron chi connectivity index (χ1n) is 9.46. The molecule has 4 aromatic rings. The lowest BCUT2D eigenvalue weighted by Gasteiger charge is -2.11. The lowest BCUT2D eigenvalue weighted by molar-refractivity contribution is 0.505. The molecule has 0 saturated heterocycles. The Morgan fingerprint density at radius 2 is 0.967 bits per heavy atom. The van der Waals surface area contributed by atoms with E-state index in [1.165, 1.54) is 43.3 Å². The van der Waals surface area contributed by atoms with Gasteiger partial charge in [0.15, 0.2) is 11.6 Å². The van der Waals surface area contributed by atoms with Crippen molar-refractivity contribution in [1.82, 2.24) is 0 Å². The van der Waals surface area contributed by atoms with Crippen molar-refractivity contribution >= 4 is 0 Å². The van der Waals surface area contributed by atoms with Gasteiger partial charge in [-0.25, -0.2) is 17.6 Å². The Hall–Kier alpha value is -3.40. The van der Waals surface area contributed by atoms with E-state index in [2.05, 4.69) is 0 Å². The molecule has 4 aromatic carbocycles. The molecule has 0 fully saturated rings. The minimum Gasteiger partial charge on any atom is -0.206 e. The molecule has 0 N–H and O–H groups in total. The van der Waals surface area contributed by atoms with Crippen LogP contribution >= 0.6 is 0 Å². The van der Waals surface area contributed by atoms with Gasteiger partial charge in [0.2, 0.25) is 0 Å². The van der Waals surface area contributed by atoms with Crippen molar-refractivity contribution in [2.24, 2.45) is 0 Å². The van der Waals surface area contributed by atoms with Crippen LogP contribution in [0.15, 0.2) is 72.8 Å². The molecule has 0 radical (unpaired) electrons. The third kappa shape index (κ3) is 3.61. The molecule has 0 spiro atoms. The van der Waals surface area contributed by atoms with E-state index in [1.807, 2.05) is 31.2 Å². The molecule has 0 nitrogen and oxygen atoms in total. The van der Waals surface area contributed by atoms with Crippen LogP contribution in [0.2, 0.25) is 0 Å². The molecule has 4 rings (SSSR count). The van der Waals surface area contributed by atoms with E-state index < -0.39 is 23.3 Å². The van der Waals surface area contributed by atoms with Gasteiger partial charge in [-0.2, -0.15) is 0 Å². The Labute approximate surface area is 172 Å². The van der Waals surface area contributed by atoms with E-state index in [-0.39, 0.29) is 27.8 Å². The molecule has 0 aliphatic heterocycles. The maximum atomic E-state index is 14.8. The van der Waals surface area contributed by atoms with Gasteiger partial charge < -0.3 is 0 Å². The highest BCUT2D eigenvalue weighted by molar-refractivity contribution is 5.74. The van der Waals surface area contributed by atoms with Crippen LogP contribution in [-0.2, 0) is 0 Å². The molecule has 0 aliphatic rings. The van der Waals surface area contributed by atoms with E-state index in [4.69, 9.17) is 0 Å². The number of benzene rings is 4. The zero-order valence-electron chi connectivity index (χ0n) is 16.4. The van der Waals surface area contributed by atoms with Crippen molar-refractivity contribution in [3.63, 3.8) is 0 Å². The van der Waals surface area contributed by atoms with Crippen LogP contribution in [0.4, 0.5) is 17.6 Å². The normalized spacial score (nSPS) is 11.0. The summed E-state index contributed by atoms with van der Waals surface area (Å²) in [4.78, 5) is 0. The average Bonchev–Trinajstić information content (AvgIpc) is 2.73. The number of rotatable bonds is 3. The Morgan fingerprint density at radius 1 is 0.467 bits per heavy atom. The largest absolute Gasteiger partial charge is 0.206 e. The maximum Gasteiger partial charge on any atom is 0.166 e. The predicted molar refractivity (Wildman–Crippen MR) is 112 cm³/mol. The number of aryl methyl sites for hydroxylation is 2. The fourth-order valence-electron chi connectivity index (χ4n) is 3.43. The van der Waals surface area contributed by atoms with Crippen LogP contribution in [0, 0.1) is 37.1 Å². The van der Waals surface area contributed by atoms with Crippen LogP contribution in [0.25, 0.3) is 33.4 Å². The van der Waals surface area contributed by atoms with Crippen molar-refractivity contribution in [3.05, 3.63) is 107 Å². The molecule has 0 aromatic heterocycles. The summed E-state index contributed by atoms with van der Waals surface area (Å²) >= 11 is 0. The second-order valence-electron chi connectivity index (χ2n) is 7.31. The van der Waals surface area contributed by atoms with Gasteiger partial charge >= 0.3 is 0 Å². The Balaban J connectivity index is 1.72. The van der Waals surface area contributed by atoms with Crippen LogP contribution < -0.4 is 0 Å². The van der Waals surface area contributed by atoms with Crippen molar-refractivity contribution in [1.29, 1.82) is 0 Å². The van der Waals surface area contributed by atoms with Crippen molar-refractivity contribution < 1.29 is 17.6 Å². The average molecular weight is 406 g/mol. The summed E-state index contributed by atoms with van der Waals surface area (Å²) < 4.78 is 57.7. The molecule has 0 heterocycles. The van der Waals surface area contributed by atoms with Crippen molar-refractivity contribution in [3.8, 4) is 33.4 Å². The summed E-state index contributed by atoms with van der Waals surface area (Å²) in [6.45, 7) is 3.42. The highest BCUT2D eigenvalue weighted by Gasteiger charge is 2.16. The molecule has 0 atom stereocenters. The highest BCUT2D eigenvalue weighted by atomic mass is 19.2. The zero-order valence-corrected chi connectivity index (χ0v) is 16.4. The Kier molecular flexibility index (Phi) is 5.17. The fraction of sp³-hybridized carbons (Fsp3) is 0.0769. The summed E-state index contributed by atoms with van der Waals surface area (Å²) in [7, 11) is 0. The first kappa shape index (κ1) is 19.9. The summed E-state index contributed by atoms with van der Waals surface area (Å²) in [6, 6.07) is 19.0. The van der Waals surface area contributed by atoms with E-state index in [9.17, 15) is 17.6 Å². The molecule has 30 heavy (non-hydrogen) atoms. The third-order valence-corrected chi connectivity index (χ3v) is 5.20. The summed E-state index contributed by atoms with van der Waals surface area (Å²) in [6.07, 6.45) is 0. The highest BCUT2D eigenvalue weighted by Crippen LogP contribution is 2.33. The van der Waals surface area contributed by atoms with E-state index >= 15 is 0 Å². The molecular formula is C26H18F4. The monoisotopic (exact) mass is 406 g/mol. The number of halogens is 4. The Morgan fingerprint density at radius 3 is 1.57 bits per heavy atom.